The molecule has 0 spiro atoms. The van der Waals surface area contributed by atoms with Crippen LogP contribution in [0.4, 0.5) is 5.00 Å². The Hall–Kier alpha value is -3.05. The van der Waals surface area contributed by atoms with E-state index in [0.717, 1.165) is 22.5 Å². The summed E-state index contributed by atoms with van der Waals surface area (Å²) in [4.78, 5) is 28.8. The van der Waals surface area contributed by atoms with Gasteiger partial charge in [0.1, 0.15) is 5.00 Å². The number of nitrogens with one attached hydrogen (secondary N) is 1. The quantitative estimate of drug-likeness (QED) is 0.445. The minimum Gasteiger partial charge on any atom is -0.465 e. The maximum atomic E-state index is 13.2. The summed E-state index contributed by atoms with van der Waals surface area (Å²) in [7, 11) is -0.411. The number of rotatable bonds is 8. The van der Waals surface area contributed by atoms with Crippen molar-refractivity contribution < 1.29 is 22.7 Å². The highest BCUT2D eigenvalue weighted by Crippen LogP contribution is 2.37. The van der Waals surface area contributed by atoms with E-state index < -0.39 is 21.9 Å². The van der Waals surface area contributed by atoms with Crippen LogP contribution in [0.3, 0.4) is 0 Å². The fraction of sp³-hybridized carbons (Fsp3) is 0.308. The number of carbonyl (C=O) groups is 2. The number of esters is 1. The van der Waals surface area contributed by atoms with E-state index in [1.807, 2.05) is 37.4 Å². The lowest BCUT2D eigenvalue weighted by molar-refractivity contribution is 0.0600. The Morgan fingerprint density at radius 2 is 1.81 bits per heavy atom. The molecule has 4 rings (SSSR count). The van der Waals surface area contributed by atoms with Gasteiger partial charge in [-0.15, -0.1) is 11.3 Å². The number of hydrogen-bond acceptors (Lipinski definition) is 7. The standard InChI is InChI=1S/C26H29N3O5S2/c1-4-29(16-18-8-6-5-7-9-18)36(32,33)20-12-10-19(11-13-20)24(30)27-25-23(26(31)34-3)21-14-15-28(2)17-22(21)35-25/h5-13H,4,14-17H2,1-3H3,(H,27,30). The van der Waals surface area contributed by atoms with Crippen molar-refractivity contribution in [2.45, 2.75) is 31.3 Å². The number of nitrogens with zero attached hydrogens (tertiary/aromatic N) is 2. The van der Waals surface area contributed by atoms with Gasteiger partial charge >= 0.3 is 5.97 Å². The summed E-state index contributed by atoms with van der Waals surface area (Å²) in [5, 5.41) is 3.29. The molecule has 2 aromatic carbocycles. The second-order valence-corrected chi connectivity index (χ2v) is 11.6. The number of sulfonamides is 1. The highest BCUT2D eigenvalue weighted by atomic mass is 32.2. The number of hydrogen-bond donors (Lipinski definition) is 1. The molecule has 1 aliphatic heterocycles. The van der Waals surface area contributed by atoms with E-state index in [4.69, 9.17) is 4.74 Å². The third kappa shape index (κ3) is 5.36. The Labute approximate surface area is 215 Å². The van der Waals surface area contributed by atoms with E-state index in [0.29, 0.717) is 35.6 Å². The highest BCUT2D eigenvalue weighted by molar-refractivity contribution is 7.89. The van der Waals surface area contributed by atoms with Gasteiger partial charge < -0.3 is 15.0 Å². The highest BCUT2D eigenvalue weighted by Gasteiger charge is 2.29. The van der Waals surface area contributed by atoms with Crippen LogP contribution in [0, 0.1) is 0 Å². The number of thiophene rings is 1. The average molecular weight is 528 g/mol. The molecule has 0 fully saturated rings. The first-order valence-corrected chi connectivity index (χ1v) is 13.9. The Balaban J connectivity index is 1.54. The van der Waals surface area contributed by atoms with E-state index in [1.54, 1.807) is 6.92 Å². The second-order valence-electron chi connectivity index (χ2n) is 8.58. The van der Waals surface area contributed by atoms with Crippen LogP contribution >= 0.6 is 11.3 Å². The first-order chi connectivity index (χ1) is 17.2. The summed E-state index contributed by atoms with van der Waals surface area (Å²) in [6.45, 7) is 3.88. The van der Waals surface area contributed by atoms with Gasteiger partial charge in [-0.25, -0.2) is 13.2 Å². The van der Waals surface area contributed by atoms with Gasteiger partial charge in [-0.3, -0.25) is 4.79 Å². The predicted octanol–water partition coefficient (Wildman–Crippen LogP) is 3.99. The number of carbonyl (C=O) groups excluding carboxylic acids is 2. The largest absolute Gasteiger partial charge is 0.465 e. The van der Waals surface area contributed by atoms with Gasteiger partial charge in [-0.2, -0.15) is 4.31 Å². The molecule has 0 saturated carbocycles. The molecule has 1 aromatic heterocycles. The van der Waals surface area contributed by atoms with Gasteiger partial charge in [-0.05, 0) is 48.9 Å². The van der Waals surface area contributed by atoms with Gasteiger partial charge in [0.15, 0.2) is 0 Å². The monoisotopic (exact) mass is 527 g/mol. The van der Waals surface area contributed by atoms with Crippen molar-refractivity contribution in [3.63, 3.8) is 0 Å². The fourth-order valence-corrected chi connectivity index (χ4v) is 6.94. The molecule has 1 aliphatic rings. The van der Waals surface area contributed by atoms with E-state index >= 15 is 0 Å². The van der Waals surface area contributed by atoms with Crippen LogP contribution in [0.1, 0.15) is 43.6 Å². The molecule has 1 amide bonds. The minimum atomic E-state index is -3.74. The van der Waals surface area contributed by atoms with Gasteiger partial charge in [0.2, 0.25) is 10.0 Å². The van der Waals surface area contributed by atoms with E-state index in [9.17, 15) is 18.0 Å². The molecule has 0 bridgehead atoms. The molecule has 190 valence electrons. The normalized spacial score (nSPS) is 13.9. The molecule has 0 atom stereocenters. The van der Waals surface area contributed by atoms with Crippen LogP contribution < -0.4 is 5.32 Å². The Kier molecular flexibility index (Phi) is 7.89. The lowest BCUT2D eigenvalue weighted by atomic mass is 10.0. The smallest absolute Gasteiger partial charge is 0.341 e. The molecular weight excluding hydrogens is 498 g/mol. The van der Waals surface area contributed by atoms with Crippen LogP contribution in [-0.2, 0) is 34.3 Å². The topological polar surface area (TPSA) is 96.0 Å². The van der Waals surface area contributed by atoms with E-state index in [1.165, 1.54) is 47.0 Å². The molecular formula is C26H29N3O5S2. The SMILES string of the molecule is CCN(Cc1ccccc1)S(=O)(=O)c1ccc(C(=O)Nc2sc3c(c2C(=O)OC)CCN(C)C3)cc1. The Morgan fingerprint density at radius 1 is 1.11 bits per heavy atom. The number of anilines is 1. The number of ether oxygens (including phenoxy) is 1. The molecule has 0 saturated heterocycles. The molecule has 1 N–H and O–H groups in total. The van der Waals surface area contributed by atoms with Crippen LogP contribution in [0.25, 0.3) is 0 Å². The molecule has 0 radical (unpaired) electrons. The number of methoxy groups -OCH3 is 1. The molecule has 8 nitrogen and oxygen atoms in total. The fourth-order valence-electron chi connectivity index (χ4n) is 4.19. The van der Waals surface area contributed by atoms with Crippen LogP contribution in [0.15, 0.2) is 59.5 Å². The lowest BCUT2D eigenvalue weighted by Gasteiger charge is -2.22. The molecule has 36 heavy (non-hydrogen) atoms. The van der Waals surface area contributed by atoms with Crippen LogP contribution in [0.2, 0.25) is 0 Å². The van der Waals surface area contributed by atoms with Crippen molar-refractivity contribution in [1.82, 2.24) is 9.21 Å². The van der Waals surface area contributed by atoms with E-state index in [2.05, 4.69) is 10.2 Å². The summed E-state index contributed by atoms with van der Waals surface area (Å²) in [6.07, 6.45) is 0.700. The zero-order chi connectivity index (χ0) is 25.9. The van der Waals surface area contributed by atoms with Crippen molar-refractivity contribution in [2.75, 3.05) is 32.6 Å². The molecule has 0 aliphatic carbocycles. The number of amides is 1. The first-order valence-electron chi connectivity index (χ1n) is 11.6. The number of benzene rings is 2. The Bertz CT molecular complexity index is 1350. The zero-order valence-corrected chi connectivity index (χ0v) is 22.1. The van der Waals surface area contributed by atoms with Crippen molar-refractivity contribution in [1.29, 1.82) is 0 Å². The van der Waals surface area contributed by atoms with Gasteiger partial charge in [-0.1, -0.05) is 37.3 Å². The summed E-state index contributed by atoms with van der Waals surface area (Å²) in [6, 6.07) is 15.2. The summed E-state index contributed by atoms with van der Waals surface area (Å²) < 4.78 is 32.8. The second kappa shape index (κ2) is 10.9. The van der Waals surface area contributed by atoms with Gasteiger partial charge in [0.25, 0.3) is 5.91 Å². The molecule has 10 heteroatoms. The maximum absolute atomic E-state index is 13.2. The summed E-state index contributed by atoms with van der Waals surface area (Å²) in [5.74, 6) is -0.903. The van der Waals surface area contributed by atoms with Gasteiger partial charge in [0.05, 0.1) is 17.6 Å². The third-order valence-corrected chi connectivity index (χ3v) is 9.24. The minimum absolute atomic E-state index is 0.113. The molecule has 3 aromatic rings. The number of likely N-dealkylation sites (N-methyl/N-ethyl adjacent to an activating group) is 1. The Morgan fingerprint density at radius 3 is 2.44 bits per heavy atom. The van der Waals surface area contributed by atoms with Crippen molar-refractivity contribution in [3.05, 3.63) is 81.7 Å². The van der Waals surface area contributed by atoms with Crippen molar-refractivity contribution in [2.24, 2.45) is 0 Å². The molecule has 0 unspecified atom stereocenters. The average Bonchev–Trinajstić information content (AvgIpc) is 3.23. The summed E-state index contributed by atoms with van der Waals surface area (Å²) >= 11 is 1.37. The van der Waals surface area contributed by atoms with Gasteiger partial charge in [0, 0.05) is 36.6 Å². The van der Waals surface area contributed by atoms with Crippen LogP contribution in [0.5, 0.6) is 0 Å². The van der Waals surface area contributed by atoms with Crippen molar-refractivity contribution in [3.8, 4) is 0 Å². The zero-order valence-electron chi connectivity index (χ0n) is 20.5. The van der Waals surface area contributed by atoms with Crippen molar-refractivity contribution >= 4 is 38.2 Å². The number of fused-ring (bicyclic) bond motifs is 1. The lowest BCUT2D eigenvalue weighted by Crippen LogP contribution is -2.30. The first kappa shape index (κ1) is 26.0. The van der Waals surface area contributed by atoms with Crippen LogP contribution in [-0.4, -0.2) is 56.7 Å². The summed E-state index contributed by atoms with van der Waals surface area (Å²) in [5.41, 5.74) is 2.50. The van der Waals surface area contributed by atoms with E-state index in [-0.39, 0.29) is 11.4 Å². The molecule has 2 heterocycles. The predicted molar refractivity (Wildman–Crippen MR) is 140 cm³/mol. The maximum Gasteiger partial charge on any atom is 0.341 e. The third-order valence-electron chi connectivity index (χ3n) is 6.17.